The summed E-state index contributed by atoms with van der Waals surface area (Å²) >= 11 is 0. The lowest BCUT2D eigenvalue weighted by atomic mass is 10.1. The van der Waals surface area contributed by atoms with E-state index < -0.39 is 0 Å². The monoisotopic (exact) mass is 317 g/mol. The van der Waals surface area contributed by atoms with E-state index in [1.54, 1.807) is 4.90 Å². The zero-order valence-corrected chi connectivity index (χ0v) is 14.1. The van der Waals surface area contributed by atoms with Crippen molar-refractivity contribution in [3.05, 3.63) is 35.9 Å². The highest BCUT2D eigenvalue weighted by Crippen LogP contribution is 2.24. The summed E-state index contributed by atoms with van der Waals surface area (Å²) in [6, 6.07) is 10.3. The maximum Gasteiger partial charge on any atom is 0.237 e. The average molecular weight is 317 g/mol. The number of hydrogen-bond acceptors (Lipinski definition) is 3. The molecule has 2 amide bonds. The Morgan fingerprint density at radius 1 is 1.17 bits per heavy atom. The molecule has 0 aliphatic heterocycles. The highest BCUT2D eigenvalue weighted by molar-refractivity contribution is 5.80. The van der Waals surface area contributed by atoms with Gasteiger partial charge in [0.05, 0.1) is 19.1 Å². The Balaban J connectivity index is 2.00. The first-order chi connectivity index (χ1) is 11.0. The summed E-state index contributed by atoms with van der Waals surface area (Å²) < 4.78 is 0. The molecule has 2 N–H and O–H groups in total. The van der Waals surface area contributed by atoms with Crippen molar-refractivity contribution in [1.82, 2.24) is 9.80 Å². The van der Waals surface area contributed by atoms with E-state index in [9.17, 15) is 9.59 Å². The molecule has 1 atom stereocenters. The molecule has 5 nitrogen and oxygen atoms in total. The molecule has 23 heavy (non-hydrogen) atoms. The molecular weight excluding hydrogens is 290 g/mol. The van der Waals surface area contributed by atoms with Crippen molar-refractivity contribution < 1.29 is 9.59 Å². The van der Waals surface area contributed by atoms with Crippen LogP contribution in [0.3, 0.4) is 0 Å². The number of benzene rings is 1. The minimum Gasteiger partial charge on any atom is -0.369 e. The van der Waals surface area contributed by atoms with Crippen molar-refractivity contribution in [1.29, 1.82) is 0 Å². The topological polar surface area (TPSA) is 66.6 Å². The number of hydrogen-bond donors (Lipinski definition) is 1. The molecule has 126 valence electrons. The van der Waals surface area contributed by atoms with Gasteiger partial charge in [-0.2, -0.15) is 0 Å². The highest BCUT2D eigenvalue weighted by Gasteiger charge is 2.27. The van der Waals surface area contributed by atoms with Crippen molar-refractivity contribution in [3.63, 3.8) is 0 Å². The second-order valence-corrected chi connectivity index (χ2v) is 6.40. The SMILES string of the molecule is C[C@H](c1ccccc1)N(C)C(=O)CN(CC(N)=O)C1CCCC1. The zero-order valence-electron chi connectivity index (χ0n) is 14.1. The van der Waals surface area contributed by atoms with E-state index >= 15 is 0 Å². The van der Waals surface area contributed by atoms with Crippen LogP contribution in [0.2, 0.25) is 0 Å². The molecule has 0 saturated heterocycles. The number of primary amides is 1. The van der Waals surface area contributed by atoms with Crippen LogP contribution in [0.1, 0.15) is 44.2 Å². The number of amides is 2. The Labute approximate surface area is 138 Å². The normalized spacial score (nSPS) is 16.5. The summed E-state index contributed by atoms with van der Waals surface area (Å²) in [5.41, 5.74) is 6.46. The van der Waals surface area contributed by atoms with E-state index in [1.165, 1.54) is 0 Å². The van der Waals surface area contributed by atoms with Gasteiger partial charge >= 0.3 is 0 Å². The molecule has 0 bridgehead atoms. The lowest BCUT2D eigenvalue weighted by molar-refractivity contribution is -0.134. The largest absolute Gasteiger partial charge is 0.369 e. The first kappa shape index (κ1) is 17.5. The van der Waals surface area contributed by atoms with Crippen LogP contribution < -0.4 is 5.73 Å². The number of nitrogens with two attached hydrogens (primary N) is 1. The molecule has 5 heteroatoms. The molecule has 0 heterocycles. The molecule has 2 rings (SSSR count). The number of nitrogens with zero attached hydrogens (tertiary/aromatic N) is 2. The van der Waals surface area contributed by atoms with Gasteiger partial charge in [-0.25, -0.2) is 0 Å². The maximum absolute atomic E-state index is 12.6. The first-order valence-corrected chi connectivity index (χ1v) is 8.32. The Morgan fingerprint density at radius 2 is 1.78 bits per heavy atom. The Bertz CT molecular complexity index is 526. The number of carbonyl (C=O) groups excluding carboxylic acids is 2. The number of carbonyl (C=O) groups is 2. The van der Waals surface area contributed by atoms with Gasteiger partial charge in [-0.3, -0.25) is 14.5 Å². The fourth-order valence-electron chi connectivity index (χ4n) is 3.24. The van der Waals surface area contributed by atoms with E-state index in [1.807, 2.05) is 49.2 Å². The van der Waals surface area contributed by atoms with Crippen molar-refractivity contribution in [2.24, 2.45) is 5.73 Å². The predicted molar refractivity (Wildman–Crippen MR) is 90.7 cm³/mol. The molecule has 1 fully saturated rings. The second-order valence-electron chi connectivity index (χ2n) is 6.40. The van der Waals surface area contributed by atoms with Crippen LogP contribution in [-0.4, -0.2) is 47.8 Å². The van der Waals surface area contributed by atoms with E-state index in [2.05, 4.69) is 0 Å². The van der Waals surface area contributed by atoms with Gasteiger partial charge in [0.1, 0.15) is 0 Å². The van der Waals surface area contributed by atoms with Gasteiger partial charge in [0, 0.05) is 13.1 Å². The van der Waals surface area contributed by atoms with Crippen LogP contribution in [-0.2, 0) is 9.59 Å². The van der Waals surface area contributed by atoms with Crippen LogP contribution in [0, 0.1) is 0 Å². The van der Waals surface area contributed by atoms with Gasteiger partial charge in [-0.15, -0.1) is 0 Å². The fraction of sp³-hybridized carbons (Fsp3) is 0.556. The molecule has 1 saturated carbocycles. The summed E-state index contributed by atoms with van der Waals surface area (Å²) in [6.45, 7) is 2.42. The third-order valence-corrected chi connectivity index (χ3v) is 4.79. The zero-order chi connectivity index (χ0) is 16.8. The molecule has 1 aliphatic carbocycles. The Hall–Kier alpha value is -1.88. The molecule has 1 aromatic rings. The third kappa shape index (κ3) is 4.79. The van der Waals surface area contributed by atoms with Crippen molar-refractivity contribution in [2.75, 3.05) is 20.1 Å². The molecule has 0 spiro atoms. The second kappa shape index (κ2) is 8.11. The third-order valence-electron chi connectivity index (χ3n) is 4.79. The quantitative estimate of drug-likeness (QED) is 0.835. The van der Waals surface area contributed by atoms with Gasteiger partial charge in [0.2, 0.25) is 11.8 Å². The highest BCUT2D eigenvalue weighted by atomic mass is 16.2. The summed E-state index contributed by atoms with van der Waals surface area (Å²) in [4.78, 5) is 27.7. The predicted octanol–water partition coefficient (Wildman–Crippen LogP) is 1.94. The molecule has 0 unspecified atom stereocenters. The standard InChI is InChI=1S/C18H27N3O2/c1-14(15-8-4-3-5-9-15)20(2)18(23)13-21(12-17(19)22)16-10-6-7-11-16/h3-5,8-9,14,16H,6-7,10-13H2,1-2H3,(H2,19,22)/t14-/m1/s1. The summed E-state index contributed by atoms with van der Waals surface area (Å²) in [5.74, 6) is -0.349. The maximum atomic E-state index is 12.6. The molecule has 0 radical (unpaired) electrons. The van der Waals surface area contributed by atoms with Crippen molar-refractivity contribution >= 4 is 11.8 Å². The molecule has 1 aromatic carbocycles. The summed E-state index contributed by atoms with van der Waals surface area (Å²) in [7, 11) is 1.82. The lowest BCUT2D eigenvalue weighted by Gasteiger charge is -2.31. The Kier molecular flexibility index (Phi) is 6.16. The van der Waals surface area contributed by atoms with Crippen LogP contribution in [0.4, 0.5) is 0 Å². The number of rotatable bonds is 7. The van der Waals surface area contributed by atoms with E-state index in [0.717, 1.165) is 31.2 Å². The molecule has 0 aromatic heterocycles. The van der Waals surface area contributed by atoms with Crippen molar-refractivity contribution in [3.8, 4) is 0 Å². The van der Waals surface area contributed by atoms with E-state index in [-0.39, 0.29) is 30.9 Å². The van der Waals surface area contributed by atoms with Gasteiger partial charge < -0.3 is 10.6 Å². The number of likely N-dealkylation sites (N-methyl/N-ethyl adjacent to an activating group) is 1. The molecular formula is C18H27N3O2. The van der Waals surface area contributed by atoms with Crippen LogP contribution in [0.25, 0.3) is 0 Å². The average Bonchev–Trinajstić information content (AvgIpc) is 3.07. The minimum atomic E-state index is -0.372. The summed E-state index contributed by atoms with van der Waals surface area (Å²) in [6.07, 6.45) is 4.39. The molecule has 1 aliphatic rings. The van der Waals surface area contributed by atoms with Gasteiger partial charge in [-0.05, 0) is 25.3 Å². The first-order valence-electron chi connectivity index (χ1n) is 8.32. The van der Waals surface area contributed by atoms with Crippen LogP contribution >= 0.6 is 0 Å². The smallest absolute Gasteiger partial charge is 0.237 e. The fourth-order valence-corrected chi connectivity index (χ4v) is 3.24. The van der Waals surface area contributed by atoms with Gasteiger partial charge in [-0.1, -0.05) is 43.2 Å². The van der Waals surface area contributed by atoms with E-state index in [0.29, 0.717) is 6.04 Å². The van der Waals surface area contributed by atoms with Gasteiger partial charge in [0.15, 0.2) is 0 Å². The van der Waals surface area contributed by atoms with Crippen LogP contribution in [0.5, 0.6) is 0 Å². The van der Waals surface area contributed by atoms with E-state index in [4.69, 9.17) is 5.73 Å². The lowest BCUT2D eigenvalue weighted by Crippen LogP contribution is -2.46. The van der Waals surface area contributed by atoms with Crippen molar-refractivity contribution in [2.45, 2.75) is 44.7 Å². The summed E-state index contributed by atoms with van der Waals surface area (Å²) in [5, 5.41) is 0. The van der Waals surface area contributed by atoms with Gasteiger partial charge in [0.25, 0.3) is 0 Å². The van der Waals surface area contributed by atoms with Crippen LogP contribution in [0.15, 0.2) is 30.3 Å². The Morgan fingerprint density at radius 3 is 2.35 bits per heavy atom. The minimum absolute atomic E-state index is 0.00251.